The maximum absolute atomic E-state index is 13.9. The van der Waals surface area contributed by atoms with Crippen LogP contribution in [0.4, 0.5) is 5.69 Å². The number of sulfonamides is 1. The number of rotatable bonds is 12. The fraction of sp³-hybridized carbons (Fsp3) is 0.286. The molecule has 0 saturated heterocycles. The number of carbonyl (C=O) groups excluding carboxylic acids is 2. The number of benzene rings is 3. The summed E-state index contributed by atoms with van der Waals surface area (Å²) in [5, 5.41) is 2.84. The molecule has 0 aliphatic carbocycles. The predicted molar refractivity (Wildman–Crippen MR) is 145 cm³/mol. The van der Waals surface area contributed by atoms with Crippen molar-refractivity contribution < 1.29 is 22.7 Å². The highest BCUT2D eigenvalue weighted by Gasteiger charge is 2.32. The van der Waals surface area contributed by atoms with E-state index in [-0.39, 0.29) is 18.9 Å². The van der Waals surface area contributed by atoms with Crippen LogP contribution in [0.25, 0.3) is 0 Å². The Morgan fingerprint density at radius 1 is 0.919 bits per heavy atom. The molecule has 1 atom stereocenters. The number of hydrogen-bond acceptors (Lipinski definition) is 5. The van der Waals surface area contributed by atoms with Gasteiger partial charge in [0.2, 0.25) is 21.8 Å². The average Bonchev–Trinajstić information content (AvgIpc) is 2.89. The molecule has 37 heavy (non-hydrogen) atoms. The molecule has 0 unspecified atom stereocenters. The van der Waals surface area contributed by atoms with Gasteiger partial charge < -0.3 is 15.0 Å². The van der Waals surface area contributed by atoms with Crippen LogP contribution in [0.1, 0.15) is 18.1 Å². The quantitative estimate of drug-likeness (QED) is 0.393. The topological polar surface area (TPSA) is 96.0 Å². The van der Waals surface area contributed by atoms with Crippen LogP contribution in [0.15, 0.2) is 84.9 Å². The Labute approximate surface area is 218 Å². The zero-order chi connectivity index (χ0) is 26.8. The van der Waals surface area contributed by atoms with Crippen molar-refractivity contribution in [3.05, 3.63) is 96.1 Å². The van der Waals surface area contributed by atoms with Gasteiger partial charge in [0.1, 0.15) is 18.3 Å². The normalized spacial score (nSPS) is 11.9. The lowest BCUT2D eigenvalue weighted by Crippen LogP contribution is -2.53. The smallest absolute Gasteiger partial charge is 0.244 e. The molecule has 8 nitrogen and oxygen atoms in total. The molecule has 3 aromatic carbocycles. The maximum atomic E-state index is 13.9. The van der Waals surface area contributed by atoms with E-state index in [4.69, 9.17) is 4.74 Å². The minimum absolute atomic E-state index is 0.0943. The highest BCUT2D eigenvalue weighted by atomic mass is 32.2. The highest BCUT2D eigenvalue weighted by Crippen LogP contribution is 2.21. The zero-order valence-corrected chi connectivity index (χ0v) is 22.1. The van der Waals surface area contributed by atoms with Gasteiger partial charge in [0.25, 0.3) is 0 Å². The number of para-hydroxylation sites is 1. The van der Waals surface area contributed by atoms with Crippen LogP contribution in [-0.2, 0) is 32.6 Å². The van der Waals surface area contributed by atoms with E-state index in [9.17, 15) is 18.0 Å². The van der Waals surface area contributed by atoms with Gasteiger partial charge in [-0.25, -0.2) is 8.42 Å². The molecule has 0 heterocycles. The van der Waals surface area contributed by atoms with E-state index in [1.165, 1.54) is 4.90 Å². The molecule has 0 aliphatic heterocycles. The summed E-state index contributed by atoms with van der Waals surface area (Å²) in [7, 11) is -2.23. The van der Waals surface area contributed by atoms with Crippen LogP contribution in [-0.4, -0.2) is 57.6 Å². The first kappa shape index (κ1) is 27.7. The number of carbonyl (C=O) groups is 2. The number of hydrogen-bond donors (Lipinski definition) is 1. The summed E-state index contributed by atoms with van der Waals surface area (Å²) in [5.41, 5.74) is 2.00. The van der Waals surface area contributed by atoms with Crippen LogP contribution in [0, 0.1) is 0 Å². The Morgan fingerprint density at radius 2 is 1.54 bits per heavy atom. The molecule has 0 bridgehead atoms. The Hall–Kier alpha value is -3.85. The first-order valence-corrected chi connectivity index (χ1v) is 13.8. The summed E-state index contributed by atoms with van der Waals surface area (Å²) in [6, 6.07) is 24.2. The summed E-state index contributed by atoms with van der Waals surface area (Å²) < 4.78 is 31.8. The van der Waals surface area contributed by atoms with Crippen LogP contribution in [0.2, 0.25) is 0 Å². The number of methoxy groups -OCH3 is 1. The van der Waals surface area contributed by atoms with Crippen molar-refractivity contribution in [2.24, 2.45) is 0 Å². The Bertz CT molecular complexity index is 1280. The van der Waals surface area contributed by atoms with Gasteiger partial charge in [0.15, 0.2) is 0 Å². The Kier molecular flexibility index (Phi) is 9.68. The van der Waals surface area contributed by atoms with Crippen LogP contribution in [0.3, 0.4) is 0 Å². The van der Waals surface area contributed by atoms with Crippen molar-refractivity contribution in [3.63, 3.8) is 0 Å². The third kappa shape index (κ3) is 7.82. The number of likely N-dealkylation sites (N-methyl/N-ethyl adjacent to an activating group) is 1. The van der Waals surface area contributed by atoms with Crippen LogP contribution < -0.4 is 14.4 Å². The third-order valence-corrected chi connectivity index (χ3v) is 6.97. The number of ether oxygens (including phenoxy) is 1. The summed E-state index contributed by atoms with van der Waals surface area (Å²) in [6.45, 7) is 1.85. The largest absolute Gasteiger partial charge is 0.497 e. The number of nitrogens with zero attached hydrogens (tertiary/aromatic N) is 2. The minimum atomic E-state index is -3.78. The van der Waals surface area contributed by atoms with Crippen molar-refractivity contribution in [1.29, 1.82) is 0 Å². The molecule has 1 N–H and O–H groups in total. The monoisotopic (exact) mass is 523 g/mol. The average molecular weight is 524 g/mol. The van der Waals surface area contributed by atoms with E-state index < -0.39 is 28.5 Å². The van der Waals surface area contributed by atoms with Crippen molar-refractivity contribution in [2.45, 2.75) is 25.9 Å². The molecule has 0 spiro atoms. The molecule has 3 rings (SSSR count). The Balaban J connectivity index is 2.03. The fourth-order valence-corrected chi connectivity index (χ4v) is 4.87. The van der Waals surface area contributed by atoms with Crippen molar-refractivity contribution in [3.8, 4) is 5.75 Å². The second kappa shape index (κ2) is 12.9. The number of nitrogens with one attached hydrogen (secondary N) is 1. The van der Waals surface area contributed by atoms with Gasteiger partial charge in [-0.3, -0.25) is 13.9 Å². The van der Waals surface area contributed by atoms with E-state index in [1.54, 1.807) is 49.6 Å². The lowest BCUT2D eigenvalue weighted by molar-refractivity contribution is -0.140. The van der Waals surface area contributed by atoms with Gasteiger partial charge >= 0.3 is 0 Å². The first-order chi connectivity index (χ1) is 17.7. The summed E-state index contributed by atoms with van der Waals surface area (Å²) >= 11 is 0. The van der Waals surface area contributed by atoms with Gasteiger partial charge in [-0.1, -0.05) is 60.7 Å². The van der Waals surface area contributed by atoms with Crippen LogP contribution in [0.5, 0.6) is 5.75 Å². The summed E-state index contributed by atoms with van der Waals surface area (Å²) in [5.74, 6) is -0.193. The summed E-state index contributed by atoms with van der Waals surface area (Å²) in [6.07, 6.45) is 1.33. The number of amides is 2. The minimum Gasteiger partial charge on any atom is -0.497 e. The summed E-state index contributed by atoms with van der Waals surface area (Å²) in [4.78, 5) is 28.6. The van der Waals surface area contributed by atoms with E-state index in [0.29, 0.717) is 18.0 Å². The van der Waals surface area contributed by atoms with Gasteiger partial charge in [-0.15, -0.1) is 0 Å². The molecule has 9 heteroatoms. The second-order valence-electron chi connectivity index (χ2n) is 8.58. The molecular weight excluding hydrogens is 490 g/mol. The standard InChI is InChI=1S/C28H33N3O5S/c1-4-29-28(33)26(19-22-12-7-5-8-13-22)30(20-23-14-11-17-25(18-23)36-2)27(32)21-31(37(3,34)35)24-15-9-6-10-16-24/h5-18,26H,4,19-21H2,1-3H3,(H,29,33)/t26-/m1/s1. The molecule has 2 amide bonds. The number of anilines is 1. The molecule has 0 saturated carbocycles. The second-order valence-corrected chi connectivity index (χ2v) is 10.5. The molecule has 0 fully saturated rings. The molecular formula is C28H33N3O5S. The highest BCUT2D eigenvalue weighted by molar-refractivity contribution is 7.92. The molecule has 0 aliphatic rings. The van der Waals surface area contributed by atoms with Gasteiger partial charge in [0, 0.05) is 19.5 Å². The van der Waals surface area contributed by atoms with Crippen molar-refractivity contribution in [2.75, 3.05) is 30.8 Å². The Morgan fingerprint density at radius 3 is 2.14 bits per heavy atom. The maximum Gasteiger partial charge on any atom is 0.244 e. The van der Waals surface area contributed by atoms with E-state index in [1.807, 2.05) is 49.4 Å². The van der Waals surface area contributed by atoms with Gasteiger partial charge in [-0.2, -0.15) is 0 Å². The third-order valence-electron chi connectivity index (χ3n) is 5.83. The SMILES string of the molecule is CCNC(=O)[C@@H](Cc1ccccc1)N(Cc1cccc(OC)c1)C(=O)CN(c1ccccc1)S(C)(=O)=O. The van der Waals surface area contributed by atoms with E-state index >= 15 is 0 Å². The first-order valence-electron chi connectivity index (χ1n) is 12.0. The lowest BCUT2D eigenvalue weighted by Gasteiger charge is -2.33. The van der Waals surface area contributed by atoms with Crippen LogP contribution >= 0.6 is 0 Å². The fourth-order valence-electron chi connectivity index (χ4n) is 4.02. The zero-order valence-electron chi connectivity index (χ0n) is 21.3. The molecule has 3 aromatic rings. The molecule has 0 radical (unpaired) electrons. The van der Waals surface area contributed by atoms with E-state index in [2.05, 4.69) is 5.32 Å². The van der Waals surface area contributed by atoms with Gasteiger partial charge in [-0.05, 0) is 42.3 Å². The lowest BCUT2D eigenvalue weighted by atomic mass is 10.0. The van der Waals surface area contributed by atoms with E-state index in [0.717, 1.165) is 21.7 Å². The molecule has 0 aromatic heterocycles. The van der Waals surface area contributed by atoms with Crippen molar-refractivity contribution in [1.82, 2.24) is 10.2 Å². The molecule has 196 valence electrons. The van der Waals surface area contributed by atoms with Crippen molar-refractivity contribution >= 4 is 27.5 Å². The predicted octanol–water partition coefficient (Wildman–Crippen LogP) is 3.24. The van der Waals surface area contributed by atoms with Gasteiger partial charge in [0.05, 0.1) is 19.1 Å².